The fraction of sp³-hybridized carbons (Fsp3) is 0.308. The first-order valence-electron chi connectivity index (χ1n) is 18.7. The molecule has 20 heteroatoms. The summed E-state index contributed by atoms with van der Waals surface area (Å²) in [6, 6.07) is 14.8. The second kappa shape index (κ2) is 22.1. The zero-order valence-corrected chi connectivity index (χ0v) is 33.0. The molecule has 0 spiro atoms. The van der Waals surface area contributed by atoms with E-state index in [4.69, 9.17) is 0 Å². The van der Waals surface area contributed by atoms with Gasteiger partial charge in [-0.2, -0.15) is 0 Å². The highest BCUT2D eigenvalue weighted by molar-refractivity contribution is 7.92. The Kier molecular flexibility index (Phi) is 16.8. The predicted octanol–water partition coefficient (Wildman–Crippen LogP) is 4.08. The summed E-state index contributed by atoms with van der Waals surface area (Å²) in [7, 11) is -4.15. The largest absolute Gasteiger partial charge is 0.481 e. The molecule has 1 aliphatic rings. The van der Waals surface area contributed by atoms with Gasteiger partial charge in [-0.3, -0.25) is 28.8 Å². The van der Waals surface area contributed by atoms with Gasteiger partial charge in [0.15, 0.2) is 0 Å². The van der Waals surface area contributed by atoms with Gasteiger partial charge in [0.2, 0.25) is 5.91 Å². The Labute approximate surface area is 340 Å². The standard InChI is InChI=1S/C39H47N9O10S/c1-2-19-41-37(54)45-29-9-7-11-31(24-29)59(57,58)47-30-10-6-8-26(23-30)32(25-36(52)53)46-39(56)44-28-15-13-27(14-16-28)43-38(55)42-21-20-40-33(49)12-4-3-5-22-48-34(50)17-18-35(48)51/h6-11,13-18,23-24,32,47H,2-5,12,19-22,25H2,1H3,(H,40,49)(H,52,53)(H2,41,45,54)(H2,42,43,55)(H2,44,46,56)/t32-/m1/s1. The first-order valence-corrected chi connectivity index (χ1v) is 20.2. The van der Waals surface area contributed by atoms with Gasteiger partial charge < -0.3 is 42.3 Å². The summed E-state index contributed by atoms with van der Waals surface area (Å²) in [5.41, 5.74) is 1.38. The van der Waals surface area contributed by atoms with Crippen molar-refractivity contribution in [1.29, 1.82) is 0 Å². The molecule has 0 saturated carbocycles. The minimum Gasteiger partial charge on any atom is -0.481 e. The average molecular weight is 834 g/mol. The molecule has 4 rings (SSSR count). The molecule has 0 aliphatic carbocycles. The Hall–Kier alpha value is -6.96. The Bertz CT molecular complexity index is 2130. The second-order valence-electron chi connectivity index (χ2n) is 13.2. The van der Waals surface area contributed by atoms with E-state index < -0.39 is 46.5 Å². The smallest absolute Gasteiger partial charge is 0.319 e. The summed E-state index contributed by atoms with van der Waals surface area (Å²) in [4.78, 5) is 85.3. The molecule has 0 unspecified atom stereocenters. The predicted molar refractivity (Wildman–Crippen MR) is 219 cm³/mol. The van der Waals surface area contributed by atoms with Crippen LogP contribution in [0.15, 0.2) is 89.8 Å². The van der Waals surface area contributed by atoms with E-state index in [2.05, 4.69) is 41.9 Å². The summed E-state index contributed by atoms with van der Waals surface area (Å²) in [6.45, 7) is 3.00. The first-order chi connectivity index (χ1) is 28.2. The molecule has 0 radical (unpaired) electrons. The lowest BCUT2D eigenvalue weighted by atomic mass is 10.0. The van der Waals surface area contributed by atoms with Gasteiger partial charge in [-0.05, 0) is 79.4 Å². The number of sulfonamides is 1. The normalized spacial score (nSPS) is 12.6. The molecule has 0 saturated heterocycles. The van der Waals surface area contributed by atoms with Crippen molar-refractivity contribution in [2.24, 2.45) is 0 Å². The van der Waals surface area contributed by atoms with Crippen LogP contribution in [0.1, 0.15) is 57.1 Å². The fourth-order valence-corrected chi connectivity index (χ4v) is 6.70. The summed E-state index contributed by atoms with van der Waals surface area (Å²) in [5.74, 6) is -2.07. The Morgan fingerprint density at radius 1 is 0.678 bits per heavy atom. The zero-order chi connectivity index (χ0) is 42.8. The number of urea groups is 3. The molecule has 1 atom stereocenters. The number of benzene rings is 3. The minimum atomic E-state index is -4.15. The summed E-state index contributed by atoms with van der Waals surface area (Å²) in [5, 5.41) is 28.0. The highest BCUT2D eigenvalue weighted by Gasteiger charge is 2.23. The number of carboxylic acid groups (broad SMARTS) is 1. The van der Waals surface area contributed by atoms with E-state index in [0.29, 0.717) is 49.3 Å². The zero-order valence-electron chi connectivity index (χ0n) is 32.2. The van der Waals surface area contributed by atoms with Crippen LogP contribution in [0.2, 0.25) is 0 Å². The Balaban J connectivity index is 1.21. The quantitative estimate of drug-likeness (QED) is 0.0548. The topological polar surface area (TPSA) is 273 Å². The van der Waals surface area contributed by atoms with Crippen molar-refractivity contribution in [3.05, 3.63) is 90.5 Å². The SMILES string of the molecule is CCCNC(=O)Nc1cccc(S(=O)(=O)Nc2cccc([C@@H](CC(=O)O)NC(=O)Nc3ccc(NC(=O)NCCNC(=O)CCCCCN4C(=O)C=CC4=O)cc3)c2)c1. The van der Waals surface area contributed by atoms with E-state index in [1.807, 2.05) is 6.92 Å². The van der Waals surface area contributed by atoms with Crippen LogP contribution in [-0.2, 0) is 29.2 Å². The van der Waals surface area contributed by atoms with Crippen LogP contribution in [0.3, 0.4) is 0 Å². The number of rotatable bonds is 21. The number of nitrogens with zero attached hydrogens (tertiary/aromatic N) is 1. The van der Waals surface area contributed by atoms with Crippen molar-refractivity contribution in [2.45, 2.75) is 56.4 Å². The van der Waals surface area contributed by atoms with Crippen LogP contribution >= 0.6 is 0 Å². The number of aliphatic carboxylic acids is 1. The number of amides is 9. The number of unbranched alkanes of at least 4 members (excludes halogenated alkanes) is 2. The van der Waals surface area contributed by atoms with E-state index in [9.17, 15) is 47.1 Å². The third-order valence-corrected chi connectivity index (χ3v) is 9.86. The summed E-state index contributed by atoms with van der Waals surface area (Å²) < 4.78 is 28.9. The molecule has 1 aliphatic heterocycles. The Morgan fingerprint density at radius 3 is 1.93 bits per heavy atom. The van der Waals surface area contributed by atoms with Gasteiger partial charge in [0.05, 0.1) is 17.4 Å². The van der Waals surface area contributed by atoms with E-state index in [1.54, 1.807) is 0 Å². The number of nitrogens with one attached hydrogen (secondary N) is 8. The molecular weight excluding hydrogens is 787 g/mol. The number of anilines is 4. The van der Waals surface area contributed by atoms with Gasteiger partial charge in [0, 0.05) is 67.5 Å². The lowest BCUT2D eigenvalue weighted by Gasteiger charge is -2.19. The number of imide groups is 1. The van der Waals surface area contributed by atoms with Crippen LogP contribution in [0.4, 0.5) is 37.1 Å². The number of carbonyl (C=O) groups is 7. The number of carbonyl (C=O) groups excluding carboxylic acids is 6. The van der Waals surface area contributed by atoms with Crippen LogP contribution in [0, 0.1) is 0 Å². The van der Waals surface area contributed by atoms with Gasteiger partial charge in [0.25, 0.3) is 21.8 Å². The van der Waals surface area contributed by atoms with Gasteiger partial charge in [0.1, 0.15) is 0 Å². The first kappa shape index (κ1) is 44.8. The van der Waals surface area contributed by atoms with E-state index in [0.717, 1.165) is 11.3 Å². The molecule has 9 N–H and O–H groups in total. The molecular formula is C39H47N9O10S. The molecule has 314 valence electrons. The molecule has 0 aromatic heterocycles. The molecule has 0 bridgehead atoms. The third kappa shape index (κ3) is 15.1. The third-order valence-electron chi connectivity index (χ3n) is 8.48. The van der Waals surface area contributed by atoms with Crippen molar-refractivity contribution in [3.8, 4) is 0 Å². The van der Waals surface area contributed by atoms with E-state index in [1.165, 1.54) is 84.9 Å². The molecule has 1 heterocycles. The van der Waals surface area contributed by atoms with Crippen molar-refractivity contribution in [3.63, 3.8) is 0 Å². The molecule has 3 aromatic carbocycles. The average Bonchev–Trinajstić information content (AvgIpc) is 3.51. The Morgan fingerprint density at radius 2 is 1.27 bits per heavy atom. The van der Waals surface area contributed by atoms with Gasteiger partial charge in [-0.1, -0.05) is 31.5 Å². The summed E-state index contributed by atoms with van der Waals surface area (Å²) in [6.07, 6.45) is 4.77. The van der Waals surface area contributed by atoms with Crippen LogP contribution in [0.25, 0.3) is 0 Å². The minimum absolute atomic E-state index is 0.103. The molecule has 9 amide bonds. The van der Waals surface area contributed by atoms with Gasteiger partial charge >= 0.3 is 24.1 Å². The maximum atomic E-state index is 13.2. The number of hydrogen-bond donors (Lipinski definition) is 9. The van der Waals surface area contributed by atoms with Crippen molar-refractivity contribution < 1.29 is 47.1 Å². The highest BCUT2D eigenvalue weighted by Crippen LogP contribution is 2.24. The summed E-state index contributed by atoms with van der Waals surface area (Å²) >= 11 is 0. The van der Waals surface area contributed by atoms with Crippen LogP contribution < -0.4 is 41.9 Å². The van der Waals surface area contributed by atoms with E-state index in [-0.39, 0.29) is 53.5 Å². The fourth-order valence-electron chi connectivity index (χ4n) is 5.60. The van der Waals surface area contributed by atoms with E-state index >= 15 is 0 Å². The van der Waals surface area contributed by atoms with Crippen molar-refractivity contribution >= 4 is 74.6 Å². The highest BCUT2D eigenvalue weighted by atomic mass is 32.2. The van der Waals surface area contributed by atoms with Gasteiger partial charge in [-0.25, -0.2) is 22.8 Å². The lowest BCUT2D eigenvalue weighted by molar-refractivity contribution is -0.138. The molecule has 0 fully saturated rings. The second-order valence-corrected chi connectivity index (χ2v) is 14.9. The lowest BCUT2D eigenvalue weighted by Crippen LogP contribution is -2.36. The maximum Gasteiger partial charge on any atom is 0.319 e. The van der Waals surface area contributed by atoms with Crippen LogP contribution in [-0.4, -0.2) is 86.4 Å². The molecule has 59 heavy (non-hydrogen) atoms. The maximum absolute atomic E-state index is 13.2. The number of carboxylic acids is 1. The molecule has 3 aromatic rings. The monoisotopic (exact) mass is 833 g/mol. The molecule has 19 nitrogen and oxygen atoms in total. The number of hydrogen-bond acceptors (Lipinski definition) is 9. The van der Waals surface area contributed by atoms with Crippen LogP contribution in [0.5, 0.6) is 0 Å². The van der Waals surface area contributed by atoms with Crippen molar-refractivity contribution in [2.75, 3.05) is 46.9 Å². The van der Waals surface area contributed by atoms with Gasteiger partial charge in [-0.15, -0.1) is 0 Å². The van der Waals surface area contributed by atoms with Crippen molar-refractivity contribution in [1.82, 2.24) is 26.2 Å².